The zero-order valence-electron chi connectivity index (χ0n) is 9.72. The first kappa shape index (κ1) is 11.6. The number of hydrogen-bond acceptors (Lipinski definition) is 3. The highest BCUT2D eigenvalue weighted by Gasteiger charge is 2.32. The zero-order chi connectivity index (χ0) is 12.4. The molecular weight excluding hydrogens is 220 g/mol. The molecule has 0 saturated carbocycles. The fourth-order valence-electron chi connectivity index (χ4n) is 2.16. The van der Waals surface area contributed by atoms with Crippen LogP contribution in [-0.4, -0.2) is 39.5 Å². The summed E-state index contributed by atoms with van der Waals surface area (Å²) in [5.74, 6) is -0.666. The maximum absolute atomic E-state index is 12.2. The quantitative estimate of drug-likeness (QED) is 0.764. The molecule has 6 nitrogen and oxygen atoms in total. The third-order valence-electron chi connectivity index (χ3n) is 3.29. The van der Waals surface area contributed by atoms with E-state index in [9.17, 15) is 9.59 Å². The predicted octanol–water partition coefficient (Wildman–Crippen LogP) is 0.136. The number of nitrogens with two attached hydrogens (primary N) is 1. The van der Waals surface area contributed by atoms with Crippen LogP contribution in [0.2, 0.25) is 0 Å². The molecule has 1 saturated heterocycles. The van der Waals surface area contributed by atoms with E-state index in [1.807, 2.05) is 6.92 Å². The van der Waals surface area contributed by atoms with Gasteiger partial charge in [-0.05, 0) is 19.8 Å². The van der Waals surface area contributed by atoms with Gasteiger partial charge in [-0.3, -0.25) is 14.7 Å². The molecule has 1 aromatic heterocycles. The van der Waals surface area contributed by atoms with Crippen LogP contribution < -0.4 is 5.73 Å². The van der Waals surface area contributed by atoms with Crippen LogP contribution >= 0.6 is 0 Å². The minimum atomic E-state index is -0.332. The molecule has 0 bridgehead atoms. The van der Waals surface area contributed by atoms with Crippen molar-refractivity contribution in [2.45, 2.75) is 25.8 Å². The standard InChI is InChI=1S/C11H16N4O2/c1-7-2-3-8(10(12)16)6-15(7)11(17)9-4-13-14-5-9/h4-5,7-8H,2-3,6H2,1H3,(H2,12,16)(H,13,14). The number of amides is 2. The molecule has 1 fully saturated rings. The van der Waals surface area contributed by atoms with Crippen LogP contribution in [0.1, 0.15) is 30.1 Å². The number of aromatic amines is 1. The largest absolute Gasteiger partial charge is 0.369 e. The van der Waals surface area contributed by atoms with Gasteiger partial charge in [0.05, 0.1) is 17.7 Å². The Hall–Kier alpha value is -1.85. The third kappa shape index (κ3) is 2.30. The van der Waals surface area contributed by atoms with Crippen molar-refractivity contribution in [3.05, 3.63) is 18.0 Å². The third-order valence-corrected chi connectivity index (χ3v) is 3.29. The van der Waals surface area contributed by atoms with Crippen LogP contribution in [0.4, 0.5) is 0 Å². The monoisotopic (exact) mass is 236 g/mol. The summed E-state index contributed by atoms with van der Waals surface area (Å²) >= 11 is 0. The van der Waals surface area contributed by atoms with Gasteiger partial charge in [-0.1, -0.05) is 0 Å². The number of likely N-dealkylation sites (tertiary alicyclic amines) is 1. The number of nitrogens with zero attached hydrogens (tertiary/aromatic N) is 2. The van der Waals surface area contributed by atoms with Gasteiger partial charge in [0.15, 0.2) is 0 Å². The second-order valence-corrected chi connectivity index (χ2v) is 4.47. The number of nitrogens with one attached hydrogen (secondary N) is 1. The summed E-state index contributed by atoms with van der Waals surface area (Å²) in [6.07, 6.45) is 4.61. The zero-order valence-corrected chi connectivity index (χ0v) is 9.72. The van der Waals surface area contributed by atoms with Gasteiger partial charge in [0.2, 0.25) is 5.91 Å². The molecular formula is C11H16N4O2. The maximum Gasteiger partial charge on any atom is 0.257 e. The SMILES string of the molecule is CC1CCC(C(N)=O)CN1C(=O)c1cn[nH]c1. The smallest absolute Gasteiger partial charge is 0.257 e. The van der Waals surface area contributed by atoms with Crippen molar-refractivity contribution in [3.8, 4) is 0 Å². The fraction of sp³-hybridized carbons (Fsp3) is 0.545. The minimum Gasteiger partial charge on any atom is -0.369 e. The number of carbonyl (C=O) groups is 2. The highest BCUT2D eigenvalue weighted by Crippen LogP contribution is 2.23. The van der Waals surface area contributed by atoms with Crippen LogP contribution in [0, 0.1) is 5.92 Å². The highest BCUT2D eigenvalue weighted by molar-refractivity contribution is 5.94. The molecule has 1 aliphatic rings. The second kappa shape index (κ2) is 4.57. The second-order valence-electron chi connectivity index (χ2n) is 4.47. The van der Waals surface area contributed by atoms with Crippen LogP contribution in [0.25, 0.3) is 0 Å². The van der Waals surface area contributed by atoms with E-state index in [2.05, 4.69) is 10.2 Å². The van der Waals surface area contributed by atoms with Crippen LogP contribution in [-0.2, 0) is 4.79 Å². The van der Waals surface area contributed by atoms with E-state index in [4.69, 9.17) is 5.73 Å². The highest BCUT2D eigenvalue weighted by atomic mass is 16.2. The van der Waals surface area contributed by atoms with Crippen molar-refractivity contribution in [2.24, 2.45) is 11.7 Å². The van der Waals surface area contributed by atoms with Crippen molar-refractivity contribution < 1.29 is 9.59 Å². The van der Waals surface area contributed by atoms with E-state index in [0.29, 0.717) is 12.1 Å². The molecule has 0 aromatic carbocycles. The number of piperidine rings is 1. The Kier molecular flexibility index (Phi) is 3.12. The summed E-state index contributed by atoms with van der Waals surface area (Å²) < 4.78 is 0. The van der Waals surface area contributed by atoms with E-state index >= 15 is 0 Å². The summed E-state index contributed by atoms with van der Waals surface area (Å²) in [7, 11) is 0. The summed E-state index contributed by atoms with van der Waals surface area (Å²) in [4.78, 5) is 25.0. The first-order valence-corrected chi connectivity index (χ1v) is 5.68. The van der Waals surface area contributed by atoms with E-state index in [0.717, 1.165) is 12.8 Å². The van der Waals surface area contributed by atoms with Crippen molar-refractivity contribution in [1.29, 1.82) is 0 Å². The average molecular weight is 236 g/mol. The van der Waals surface area contributed by atoms with E-state index < -0.39 is 0 Å². The Morgan fingerprint density at radius 3 is 2.88 bits per heavy atom. The van der Waals surface area contributed by atoms with Crippen molar-refractivity contribution >= 4 is 11.8 Å². The molecule has 2 rings (SSSR count). The summed E-state index contributed by atoms with van der Waals surface area (Å²) in [5.41, 5.74) is 5.81. The fourth-order valence-corrected chi connectivity index (χ4v) is 2.16. The Balaban J connectivity index is 2.13. The van der Waals surface area contributed by atoms with Gasteiger partial charge in [0.25, 0.3) is 5.91 Å². The maximum atomic E-state index is 12.2. The van der Waals surface area contributed by atoms with Crippen molar-refractivity contribution in [3.63, 3.8) is 0 Å². The van der Waals surface area contributed by atoms with Gasteiger partial charge < -0.3 is 10.6 Å². The van der Waals surface area contributed by atoms with Gasteiger partial charge in [-0.25, -0.2) is 0 Å². The lowest BCUT2D eigenvalue weighted by atomic mass is 9.92. The molecule has 92 valence electrons. The lowest BCUT2D eigenvalue weighted by Crippen LogP contribution is -2.48. The van der Waals surface area contributed by atoms with Gasteiger partial charge in [-0.15, -0.1) is 0 Å². The van der Waals surface area contributed by atoms with Crippen molar-refractivity contribution in [1.82, 2.24) is 15.1 Å². The molecule has 2 amide bonds. The van der Waals surface area contributed by atoms with Crippen LogP contribution in [0.15, 0.2) is 12.4 Å². The molecule has 0 radical (unpaired) electrons. The molecule has 6 heteroatoms. The molecule has 1 aliphatic heterocycles. The first-order valence-electron chi connectivity index (χ1n) is 5.68. The van der Waals surface area contributed by atoms with Gasteiger partial charge in [0, 0.05) is 18.8 Å². The molecule has 3 N–H and O–H groups in total. The van der Waals surface area contributed by atoms with Gasteiger partial charge in [-0.2, -0.15) is 5.10 Å². The summed E-state index contributed by atoms with van der Waals surface area (Å²) in [6.45, 7) is 2.38. The number of primary amides is 1. The van der Waals surface area contributed by atoms with Crippen molar-refractivity contribution in [2.75, 3.05) is 6.54 Å². The normalized spacial score (nSPS) is 24.6. The van der Waals surface area contributed by atoms with Gasteiger partial charge in [0.1, 0.15) is 0 Å². The Bertz CT molecular complexity index is 415. The predicted molar refractivity (Wildman–Crippen MR) is 61.0 cm³/mol. The Morgan fingerprint density at radius 1 is 1.53 bits per heavy atom. The van der Waals surface area contributed by atoms with Gasteiger partial charge >= 0.3 is 0 Å². The molecule has 2 atom stereocenters. The van der Waals surface area contributed by atoms with E-state index in [-0.39, 0.29) is 23.8 Å². The lowest BCUT2D eigenvalue weighted by molar-refractivity contribution is -0.123. The minimum absolute atomic E-state index is 0.0998. The molecule has 17 heavy (non-hydrogen) atoms. The number of H-pyrrole nitrogens is 1. The number of aromatic nitrogens is 2. The van der Waals surface area contributed by atoms with E-state index in [1.165, 1.54) is 6.20 Å². The first-order chi connectivity index (χ1) is 8.09. The summed E-state index contributed by atoms with van der Waals surface area (Å²) in [5, 5.41) is 6.36. The topological polar surface area (TPSA) is 92.1 Å². The number of carbonyl (C=O) groups excluding carboxylic acids is 2. The van der Waals surface area contributed by atoms with Crippen LogP contribution in [0.5, 0.6) is 0 Å². The lowest BCUT2D eigenvalue weighted by Gasteiger charge is -2.36. The summed E-state index contributed by atoms with van der Waals surface area (Å²) in [6, 6.07) is 0.132. The molecule has 1 aromatic rings. The Morgan fingerprint density at radius 2 is 2.29 bits per heavy atom. The van der Waals surface area contributed by atoms with E-state index in [1.54, 1.807) is 11.1 Å². The molecule has 0 spiro atoms. The number of rotatable bonds is 2. The molecule has 0 aliphatic carbocycles. The molecule has 2 unspecified atom stereocenters. The molecule has 2 heterocycles. The Labute approximate surface area is 99.2 Å². The number of hydrogen-bond donors (Lipinski definition) is 2. The average Bonchev–Trinajstić information content (AvgIpc) is 2.81. The van der Waals surface area contributed by atoms with Crippen LogP contribution in [0.3, 0.4) is 0 Å².